The number of amides is 2. The van der Waals surface area contributed by atoms with Gasteiger partial charge in [-0.25, -0.2) is 0 Å². The Kier molecular flexibility index (Phi) is 5.54. The minimum atomic E-state index is -0.389. The Morgan fingerprint density at radius 3 is 2.46 bits per heavy atom. The monoisotopic (exact) mass is 328 g/mol. The van der Waals surface area contributed by atoms with E-state index in [-0.39, 0.29) is 23.9 Å². The van der Waals surface area contributed by atoms with Gasteiger partial charge in [-0.05, 0) is 24.5 Å². The average Bonchev–Trinajstić information content (AvgIpc) is 2.96. The molecular weight excluding hydrogens is 300 g/mol. The molecule has 2 amide bonds. The lowest BCUT2D eigenvalue weighted by Crippen LogP contribution is -2.50. The molecule has 3 rings (SSSR count). The fraction of sp³-hybridized carbons (Fsp3) is 0.600. The highest BCUT2D eigenvalue weighted by molar-refractivity contribution is 6.03. The molecule has 1 aromatic carbocycles. The van der Waals surface area contributed by atoms with Crippen LogP contribution in [-0.2, 0) is 16.0 Å². The summed E-state index contributed by atoms with van der Waals surface area (Å²) in [6.45, 7) is 1.85. The summed E-state index contributed by atoms with van der Waals surface area (Å²) in [6, 6.07) is 7.76. The van der Waals surface area contributed by atoms with Crippen LogP contribution in [0.15, 0.2) is 24.3 Å². The number of anilines is 1. The van der Waals surface area contributed by atoms with E-state index in [2.05, 4.69) is 5.32 Å². The van der Waals surface area contributed by atoms with E-state index in [9.17, 15) is 9.59 Å². The van der Waals surface area contributed by atoms with E-state index < -0.39 is 0 Å². The van der Waals surface area contributed by atoms with Crippen LogP contribution in [0.3, 0.4) is 0 Å². The molecule has 4 nitrogen and oxygen atoms in total. The highest BCUT2D eigenvalue weighted by Crippen LogP contribution is 2.33. The molecule has 0 saturated heterocycles. The van der Waals surface area contributed by atoms with Crippen LogP contribution >= 0.6 is 0 Å². The van der Waals surface area contributed by atoms with E-state index in [1.165, 1.54) is 32.1 Å². The molecule has 0 bridgehead atoms. The van der Waals surface area contributed by atoms with Crippen molar-refractivity contribution < 1.29 is 9.59 Å². The minimum Gasteiger partial charge on any atom is -0.352 e. The van der Waals surface area contributed by atoms with Crippen LogP contribution in [-0.4, -0.2) is 23.9 Å². The summed E-state index contributed by atoms with van der Waals surface area (Å²) in [7, 11) is 0. The summed E-state index contributed by atoms with van der Waals surface area (Å²) in [6.07, 6.45) is 9.39. The Morgan fingerprint density at radius 1 is 1.08 bits per heavy atom. The molecule has 1 N–H and O–H groups in total. The number of hydrogen-bond acceptors (Lipinski definition) is 2. The lowest BCUT2D eigenvalue weighted by molar-refractivity contribution is -0.126. The first-order valence-corrected chi connectivity index (χ1v) is 9.41. The van der Waals surface area contributed by atoms with Gasteiger partial charge >= 0.3 is 0 Å². The number of carbonyl (C=O) groups is 2. The molecule has 4 heteroatoms. The van der Waals surface area contributed by atoms with Crippen molar-refractivity contribution in [3.05, 3.63) is 29.8 Å². The first kappa shape index (κ1) is 17.0. The molecule has 0 aromatic heterocycles. The zero-order chi connectivity index (χ0) is 16.9. The second kappa shape index (κ2) is 7.82. The Labute approximate surface area is 144 Å². The molecule has 1 aromatic rings. The summed E-state index contributed by atoms with van der Waals surface area (Å²) >= 11 is 0. The number of para-hydroxylation sites is 1. The number of hydrogen-bond donors (Lipinski definition) is 1. The summed E-state index contributed by atoms with van der Waals surface area (Å²) in [5, 5.41) is 3.24. The molecule has 0 radical (unpaired) electrons. The van der Waals surface area contributed by atoms with Crippen LogP contribution in [0.1, 0.15) is 63.9 Å². The molecule has 1 heterocycles. The SMILES string of the molecule is CCC(=O)N1c2ccccc2C[C@H]1C(=O)NC1CCCCCCC1. The molecule has 1 fully saturated rings. The van der Waals surface area contributed by atoms with Gasteiger partial charge in [-0.2, -0.15) is 0 Å². The average molecular weight is 328 g/mol. The predicted molar refractivity (Wildman–Crippen MR) is 96.0 cm³/mol. The van der Waals surface area contributed by atoms with E-state index in [1.54, 1.807) is 4.90 Å². The molecule has 24 heavy (non-hydrogen) atoms. The Hall–Kier alpha value is -1.84. The molecule has 130 valence electrons. The molecule has 1 aliphatic carbocycles. The van der Waals surface area contributed by atoms with Gasteiger partial charge in [0, 0.05) is 24.6 Å². The largest absolute Gasteiger partial charge is 0.352 e. The predicted octanol–water partition coefficient (Wildman–Crippen LogP) is 3.58. The smallest absolute Gasteiger partial charge is 0.243 e. The molecule has 1 atom stereocenters. The molecule has 1 aliphatic heterocycles. The topological polar surface area (TPSA) is 49.4 Å². The quantitative estimate of drug-likeness (QED) is 0.922. The normalized spacial score (nSPS) is 21.7. The van der Waals surface area contributed by atoms with Crippen molar-refractivity contribution in [3.63, 3.8) is 0 Å². The van der Waals surface area contributed by atoms with Gasteiger partial charge in [-0.1, -0.05) is 57.2 Å². The minimum absolute atomic E-state index is 0.0126. The van der Waals surface area contributed by atoms with Gasteiger partial charge in [0.2, 0.25) is 11.8 Å². The third kappa shape index (κ3) is 3.63. The van der Waals surface area contributed by atoms with Gasteiger partial charge in [0.05, 0.1) is 0 Å². The molecule has 0 unspecified atom stereocenters. The number of nitrogens with zero attached hydrogens (tertiary/aromatic N) is 1. The molecule has 2 aliphatic rings. The molecule has 0 spiro atoms. The van der Waals surface area contributed by atoms with Crippen LogP contribution in [0.5, 0.6) is 0 Å². The van der Waals surface area contributed by atoms with Crippen LogP contribution in [0.2, 0.25) is 0 Å². The lowest BCUT2D eigenvalue weighted by atomic mass is 9.96. The fourth-order valence-corrected chi connectivity index (χ4v) is 3.97. The zero-order valence-electron chi connectivity index (χ0n) is 14.6. The van der Waals surface area contributed by atoms with Gasteiger partial charge in [-0.15, -0.1) is 0 Å². The number of fused-ring (bicyclic) bond motifs is 1. The van der Waals surface area contributed by atoms with Gasteiger partial charge in [0.25, 0.3) is 0 Å². The van der Waals surface area contributed by atoms with Crippen LogP contribution in [0.25, 0.3) is 0 Å². The van der Waals surface area contributed by atoms with Crippen molar-refractivity contribution in [1.29, 1.82) is 0 Å². The zero-order valence-corrected chi connectivity index (χ0v) is 14.6. The van der Waals surface area contributed by atoms with Gasteiger partial charge in [0.15, 0.2) is 0 Å². The van der Waals surface area contributed by atoms with E-state index in [1.807, 2.05) is 31.2 Å². The van der Waals surface area contributed by atoms with Crippen LogP contribution < -0.4 is 10.2 Å². The van der Waals surface area contributed by atoms with Crippen molar-refractivity contribution >= 4 is 17.5 Å². The summed E-state index contributed by atoms with van der Waals surface area (Å²) < 4.78 is 0. The Bertz CT molecular complexity index is 591. The van der Waals surface area contributed by atoms with E-state index in [4.69, 9.17) is 0 Å². The van der Waals surface area contributed by atoms with Gasteiger partial charge < -0.3 is 5.32 Å². The van der Waals surface area contributed by atoms with Crippen molar-refractivity contribution in [2.45, 2.75) is 76.8 Å². The van der Waals surface area contributed by atoms with Crippen molar-refractivity contribution in [2.75, 3.05) is 4.90 Å². The highest BCUT2D eigenvalue weighted by atomic mass is 16.2. The maximum atomic E-state index is 12.9. The standard InChI is InChI=1S/C20H28N2O2/c1-2-19(23)22-17-13-9-8-10-15(17)14-18(22)20(24)21-16-11-6-4-3-5-7-12-16/h8-10,13,16,18H,2-7,11-12,14H2,1H3,(H,21,24)/t18-/m0/s1. The molecular formula is C20H28N2O2. The number of rotatable bonds is 3. The van der Waals surface area contributed by atoms with Gasteiger partial charge in [-0.3, -0.25) is 14.5 Å². The second-order valence-corrected chi connectivity index (χ2v) is 7.02. The number of nitrogens with one attached hydrogen (secondary N) is 1. The van der Waals surface area contributed by atoms with E-state index in [0.717, 1.165) is 24.1 Å². The van der Waals surface area contributed by atoms with Crippen molar-refractivity contribution in [1.82, 2.24) is 5.32 Å². The highest BCUT2D eigenvalue weighted by Gasteiger charge is 2.37. The fourth-order valence-electron chi connectivity index (χ4n) is 3.97. The van der Waals surface area contributed by atoms with Gasteiger partial charge in [0.1, 0.15) is 6.04 Å². The van der Waals surface area contributed by atoms with Crippen LogP contribution in [0.4, 0.5) is 5.69 Å². The summed E-state index contributed by atoms with van der Waals surface area (Å²) in [5.41, 5.74) is 2.00. The second-order valence-electron chi connectivity index (χ2n) is 7.02. The maximum absolute atomic E-state index is 12.9. The molecule has 1 saturated carbocycles. The maximum Gasteiger partial charge on any atom is 0.243 e. The third-order valence-electron chi connectivity index (χ3n) is 5.30. The summed E-state index contributed by atoms with van der Waals surface area (Å²) in [4.78, 5) is 27.1. The Balaban J connectivity index is 1.72. The summed E-state index contributed by atoms with van der Waals surface area (Å²) in [5.74, 6) is 0.0383. The number of benzene rings is 1. The van der Waals surface area contributed by atoms with Crippen LogP contribution in [0, 0.1) is 0 Å². The van der Waals surface area contributed by atoms with Crippen molar-refractivity contribution in [2.24, 2.45) is 0 Å². The third-order valence-corrected chi connectivity index (χ3v) is 5.30. The lowest BCUT2D eigenvalue weighted by Gasteiger charge is -2.27. The van der Waals surface area contributed by atoms with E-state index >= 15 is 0 Å². The Morgan fingerprint density at radius 2 is 1.75 bits per heavy atom. The number of carbonyl (C=O) groups excluding carboxylic acids is 2. The van der Waals surface area contributed by atoms with Crippen molar-refractivity contribution in [3.8, 4) is 0 Å². The van der Waals surface area contributed by atoms with E-state index in [0.29, 0.717) is 12.8 Å². The first-order valence-electron chi connectivity index (χ1n) is 9.41. The first-order chi connectivity index (χ1) is 11.7.